The number of benzene rings is 1. The Kier molecular flexibility index (Phi) is 6.18. The van der Waals surface area contributed by atoms with Crippen LogP contribution < -0.4 is 5.73 Å². The highest BCUT2D eigenvalue weighted by molar-refractivity contribution is 5.95. The van der Waals surface area contributed by atoms with Gasteiger partial charge in [-0.2, -0.15) is 13.2 Å². The molecule has 0 spiro atoms. The lowest BCUT2D eigenvalue weighted by Crippen LogP contribution is -2.48. The number of nitrogens with two attached hydrogens (primary N) is 1. The minimum absolute atomic E-state index is 0.0275. The van der Waals surface area contributed by atoms with E-state index in [0.29, 0.717) is 0 Å². The van der Waals surface area contributed by atoms with Gasteiger partial charge in [-0.1, -0.05) is 6.07 Å². The van der Waals surface area contributed by atoms with Crippen LogP contribution in [0.15, 0.2) is 35.6 Å². The van der Waals surface area contributed by atoms with Gasteiger partial charge in [-0.25, -0.2) is 23.1 Å². The van der Waals surface area contributed by atoms with Crippen LogP contribution in [0.5, 0.6) is 0 Å². The largest absolute Gasteiger partial charge is 0.452 e. The number of aromatic nitrogens is 2. The van der Waals surface area contributed by atoms with E-state index in [1.165, 1.54) is 6.07 Å². The summed E-state index contributed by atoms with van der Waals surface area (Å²) in [6, 6.07) is 2.26. The van der Waals surface area contributed by atoms with E-state index in [0.717, 1.165) is 24.5 Å². The van der Waals surface area contributed by atoms with E-state index in [1.807, 2.05) is 0 Å². The van der Waals surface area contributed by atoms with Crippen LogP contribution in [0.2, 0.25) is 0 Å². The Labute approximate surface area is 172 Å². The quantitative estimate of drug-likeness (QED) is 0.543. The van der Waals surface area contributed by atoms with Crippen molar-refractivity contribution in [2.45, 2.75) is 37.3 Å². The Morgan fingerprint density at radius 1 is 1.23 bits per heavy atom. The minimum atomic E-state index is -4.88. The van der Waals surface area contributed by atoms with Crippen LogP contribution >= 0.6 is 0 Å². The number of Topliss-reactive ketones (excluding diaryl/α,β-unsaturated/α-hetero) is 1. The van der Waals surface area contributed by atoms with Gasteiger partial charge in [-0.05, 0) is 17.7 Å². The molecule has 166 valence electrons. The number of hydrogen-bond donors (Lipinski definition) is 1. The third kappa shape index (κ3) is 4.78. The summed E-state index contributed by atoms with van der Waals surface area (Å²) in [6.45, 7) is -2.34. The molecule has 2 heterocycles. The fourth-order valence-electron chi connectivity index (χ4n) is 3.17. The van der Waals surface area contributed by atoms with Crippen molar-refractivity contribution in [3.05, 3.63) is 58.9 Å². The normalized spacial score (nSPS) is 21.4. The number of amidine groups is 1. The highest BCUT2D eigenvalue weighted by Crippen LogP contribution is 2.41. The molecule has 2 N–H and O–H groups in total. The van der Waals surface area contributed by atoms with E-state index < -0.39 is 60.8 Å². The number of halogens is 6. The minimum Gasteiger partial charge on any atom is -0.452 e. The number of nitrogens with zero attached hydrogens (tertiary/aromatic N) is 3. The maximum absolute atomic E-state index is 14.5. The zero-order chi connectivity index (χ0) is 22.8. The molecule has 6 nitrogen and oxygen atoms in total. The molecule has 0 unspecified atom stereocenters. The van der Waals surface area contributed by atoms with Crippen molar-refractivity contribution in [2.75, 3.05) is 6.67 Å². The second-order valence-electron chi connectivity index (χ2n) is 6.91. The molecular formula is C19H16F6N4O2. The van der Waals surface area contributed by atoms with Gasteiger partial charge in [-0.3, -0.25) is 9.78 Å². The van der Waals surface area contributed by atoms with Crippen molar-refractivity contribution < 1.29 is 35.9 Å². The van der Waals surface area contributed by atoms with E-state index in [-0.39, 0.29) is 23.4 Å². The molecule has 1 aromatic carbocycles. The summed E-state index contributed by atoms with van der Waals surface area (Å²) in [5, 5.41) is 0. The van der Waals surface area contributed by atoms with Crippen LogP contribution in [-0.2, 0) is 23.4 Å². The third-order valence-electron chi connectivity index (χ3n) is 4.72. The number of ketones is 1. The van der Waals surface area contributed by atoms with Gasteiger partial charge in [-0.15, -0.1) is 0 Å². The zero-order valence-corrected chi connectivity index (χ0v) is 15.8. The highest BCUT2D eigenvalue weighted by atomic mass is 19.4. The summed E-state index contributed by atoms with van der Waals surface area (Å²) >= 11 is 0. The predicted molar refractivity (Wildman–Crippen MR) is 96.1 cm³/mol. The number of carbonyl (C=O) groups excluding carboxylic acids is 1. The molecule has 0 saturated carbocycles. The Morgan fingerprint density at radius 3 is 2.55 bits per heavy atom. The lowest BCUT2D eigenvalue weighted by molar-refractivity contribution is -0.209. The van der Waals surface area contributed by atoms with Gasteiger partial charge < -0.3 is 10.5 Å². The highest BCUT2D eigenvalue weighted by Gasteiger charge is 2.52. The molecule has 31 heavy (non-hydrogen) atoms. The van der Waals surface area contributed by atoms with Crippen LogP contribution in [0.3, 0.4) is 0 Å². The smallest absolute Gasteiger partial charge is 0.425 e. The molecule has 12 heteroatoms. The molecule has 1 aromatic heterocycles. The van der Waals surface area contributed by atoms with E-state index in [4.69, 9.17) is 5.73 Å². The average molecular weight is 446 g/mol. The average Bonchev–Trinajstić information content (AvgIpc) is 2.74. The van der Waals surface area contributed by atoms with Gasteiger partial charge in [0.05, 0.1) is 18.1 Å². The Balaban J connectivity index is 1.93. The van der Waals surface area contributed by atoms with Crippen molar-refractivity contribution in [1.29, 1.82) is 0 Å². The molecule has 0 amide bonds. The van der Waals surface area contributed by atoms with Crippen LogP contribution in [0.1, 0.15) is 33.7 Å². The predicted octanol–water partition coefficient (Wildman–Crippen LogP) is 3.34. The standard InChI is InChI=1S/C19H16F6N4O2/c20-6-11-7-28-14(8-27-11)15(30)4-10-1-2-13(22)12(3-10)18(9-21)5-16(19(23,24)25)31-17(26)29-18/h1-3,7-8,16H,4-6,9H2,(H2,26,29)/t16-,18+/m0/s1. The summed E-state index contributed by atoms with van der Waals surface area (Å²) in [4.78, 5) is 23.5. The molecule has 1 aliphatic rings. The van der Waals surface area contributed by atoms with Gasteiger partial charge >= 0.3 is 6.18 Å². The first-order chi connectivity index (χ1) is 14.6. The summed E-state index contributed by atoms with van der Waals surface area (Å²) < 4.78 is 85.0. The SMILES string of the molecule is NC1=N[C@](CF)(c2cc(CC(=O)c3cnc(CF)cn3)ccc2F)C[C@@H](C(F)(F)F)O1. The van der Waals surface area contributed by atoms with Crippen molar-refractivity contribution in [3.8, 4) is 0 Å². The van der Waals surface area contributed by atoms with Crippen molar-refractivity contribution in [1.82, 2.24) is 9.97 Å². The summed E-state index contributed by atoms with van der Waals surface area (Å²) in [5.74, 6) is -1.58. The lowest BCUT2D eigenvalue weighted by atomic mass is 9.83. The fourth-order valence-corrected chi connectivity index (χ4v) is 3.17. The summed E-state index contributed by atoms with van der Waals surface area (Å²) in [6.07, 6.45) is -6.57. The number of carbonyl (C=O) groups is 1. The second kappa shape index (κ2) is 8.52. The molecular weight excluding hydrogens is 430 g/mol. The number of rotatable bonds is 6. The monoisotopic (exact) mass is 446 g/mol. The first-order valence-electron chi connectivity index (χ1n) is 8.91. The molecule has 0 radical (unpaired) electrons. The number of hydrogen-bond acceptors (Lipinski definition) is 6. The molecule has 0 fully saturated rings. The van der Waals surface area contributed by atoms with Crippen LogP contribution in [-0.4, -0.2) is 40.7 Å². The first kappa shape index (κ1) is 22.5. The Hall–Kier alpha value is -3.18. The van der Waals surface area contributed by atoms with Crippen molar-refractivity contribution in [3.63, 3.8) is 0 Å². The fraction of sp³-hybridized carbons (Fsp3) is 0.368. The summed E-state index contributed by atoms with van der Waals surface area (Å²) in [5.41, 5.74) is 2.68. The van der Waals surface area contributed by atoms with E-state index >= 15 is 0 Å². The van der Waals surface area contributed by atoms with Gasteiger partial charge in [0.25, 0.3) is 6.02 Å². The molecule has 1 aliphatic heterocycles. The van der Waals surface area contributed by atoms with Crippen molar-refractivity contribution >= 4 is 11.8 Å². The molecule has 0 aliphatic carbocycles. The zero-order valence-electron chi connectivity index (χ0n) is 15.8. The van der Waals surface area contributed by atoms with E-state index in [9.17, 15) is 31.1 Å². The van der Waals surface area contributed by atoms with Crippen LogP contribution in [0.4, 0.5) is 26.3 Å². The van der Waals surface area contributed by atoms with Gasteiger partial charge in [0.1, 0.15) is 30.4 Å². The molecule has 2 aromatic rings. The van der Waals surface area contributed by atoms with Crippen molar-refractivity contribution in [2.24, 2.45) is 10.7 Å². The third-order valence-corrected chi connectivity index (χ3v) is 4.72. The van der Waals surface area contributed by atoms with Gasteiger partial charge in [0.15, 0.2) is 11.9 Å². The maximum atomic E-state index is 14.5. The number of ether oxygens (including phenoxy) is 1. The number of aliphatic imine (C=N–C) groups is 1. The van der Waals surface area contributed by atoms with E-state index in [1.54, 1.807) is 0 Å². The first-order valence-corrected chi connectivity index (χ1v) is 8.91. The Bertz CT molecular complexity index is 996. The molecule has 0 bridgehead atoms. The topological polar surface area (TPSA) is 90.5 Å². The molecule has 0 saturated heterocycles. The van der Waals surface area contributed by atoms with E-state index in [2.05, 4.69) is 19.7 Å². The van der Waals surface area contributed by atoms with Crippen LogP contribution in [0, 0.1) is 5.82 Å². The maximum Gasteiger partial charge on any atom is 0.425 e. The molecule has 3 rings (SSSR count). The van der Waals surface area contributed by atoms with Crippen LogP contribution in [0.25, 0.3) is 0 Å². The van der Waals surface area contributed by atoms with Gasteiger partial charge in [0, 0.05) is 18.4 Å². The number of alkyl halides is 5. The lowest BCUT2D eigenvalue weighted by Gasteiger charge is -2.36. The molecule has 2 atom stereocenters. The second-order valence-corrected chi connectivity index (χ2v) is 6.91. The Morgan fingerprint density at radius 2 is 1.97 bits per heavy atom. The summed E-state index contributed by atoms with van der Waals surface area (Å²) in [7, 11) is 0. The van der Waals surface area contributed by atoms with Gasteiger partial charge in [0.2, 0.25) is 0 Å².